The van der Waals surface area contributed by atoms with Crippen molar-refractivity contribution < 1.29 is 38.1 Å². The number of rotatable bonds is 8. The molecular formula is C26H22O8S2. The third kappa shape index (κ3) is 5.89. The lowest BCUT2D eigenvalue weighted by atomic mass is 10.1. The van der Waals surface area contributed by atoms with Crippen molar-refractivity contribution in [2.45, 2.75) is 19.6 Å². The molecule has 0 heterocycles. The first kappa shape index (κ1) is 26.8. The fraction of sp³-hybridized carbons (Fsp3) is 0.154. The standard InChI is InChI=1S/C26H22O8S2/c1-31-23(27)15-9-5-7-11-19(15)35-21-13-18(26(30)34-4)22(14-17(21)25(29)33-3)36-20-12-8-6-10-16(20)24(28)32-2/h5-14H,1-4H3. The fourth-order valence-corrected chi connectivity index (χ4v) is 5.32. The van der Waals surface area contributed by atoms with E-state index in [1.165, 1.54) is 40.6 Å². The van der Waals surface area contributed by atoms with Crippen LogP contribution >= 0.6 is 23.5 Å². The van der Waals surface area contributed by atoms with Crippen LogP contribution in [0, 0.1) is 0 Å². The summed E-state index contributed by atoms with van der Waals surface area (Å²) >= 11 is 2.21. The van der Waals surface area contributed by atoms with Gasteiger partial charge in [-0.2, -0.15) is 0 Å². The minimum atomic E-state index is -0.646. The number of esters is 4. The molecule has 0 amide bonds. The summed E-state index contributed by atoms with van der Waals surface area (Å²) in [6, 6.07) is 16.5. The Kier molecular flexibility index (Phi) is 9.15. The van der Waals surface area contributed by atoms with Gasteiger partial charge in [-0.3, -0.25) is 0 Å². The van der Waals surface area contributed by atoms with Crippen LogP contribution in [0.25, 0.3) is 0 Å². The zero-order valence-electron chi connectivity index (χ0n) is 19.9. The number of carbonyl (C=O) groups is 4. The summed E-state index contributed by atoms with van der Waals surface area (Å²) in [6.07, 6.45) is 0. The Morgan fingerprint density at radius 3 is 1.11 bits per heavy atom. The molecule has 0 spiro atoms. The zero-order chi connectivity index (χ0) is 26.2. The highest BCUT2D eigenvalue weighted by molar-refractivity contribution is 8.00. The van der Waals surface area contributed by atoms with Gasteiger partial charge in [-0.05, 0) is 36.4 Å². The van der Waals surface area contributed by atoms with E-state index in [1.54, 1.807) is 48.5 Å². The maximum absolute atomic E-state index is 12.7. The number of benzene rings is 3. The van der Waals surface area contributed by atoms with Crippen molar-refractivity contribution in [3.05, 3.63) is 82.9 Å². The second-order valence-electron chi connectivity index (χ2n) is 7.01. The molecule has 10 heteroatoms. The van der Waals surface area contributed by atoms with Gasteiger partial charge in [0.15, 0.2) is 0 Å². The molecule has 186 valence electrons. The molecule has 0 radical (unpaired) electrons. The Morgan fingerprint density at radius 1 is 0.472 bits per heavy atom. The molecule has 0 saturated carbocycles. The molecule has 0 aromatic heterocycles. The SMILES string of the molecule is COC(=O)c1ccccc1Sc1cc(C(=O)OC)c(Sc2ccccc2C(=O)OC)cc1C(=O)OC. The summed E-state index contributed by atoms with van der Waals surface area (Å²) in [5.41, 5.74) is 0.914. The third-order valence-corrected chi connectivity index (χ3v) is 7.18. The van der Waals surface area contributed by atoms with Gasteiger partial charge < -0.3 is 18.9 Å². The van der Waals surface area contributed by atoms with Crippen LogP contribution in [0.5, 0.6) is 0 Å². The molecule has 3 rings (SSSR count). The van der Waals surface area contributed by atoms with Crippen LogP contribution in [0.4, 0.5) is 0 Å². The van der Waals surface area contributed by atoms with Gasteiger partial charge in [-0.1, -0.05) is 47.8 Å². The highest BCUT2D eigenvalue weighted by atomic mass is 32.2. The number of methoxy groups -OCH3 is 4. The van der Waals surface area contributed by atoms with Crippen LogP contribution in [0.2, 0.25) is 0 Å². The van der Waals surface area contributed by atoms with Crippen LogP contribution in [0.1, 0.15) is 41.4 Å². The molecule has 0 saturated heterocycles. The van der Waals surface area contributed by atoms with Gasteiger partial charge in [0.1, 0.15) is 0 Å². The van der Waals surface area contributed by atoms with Gasteiger partial charge in [0.25, 0.3) is 0 Å². The first-order valence-electron chi connectivity index (χ1n) is 10.4. The van der Waals surface area contributed by atoms with Crippen LogP contribution in [-0.2, 0) is 18.9 Å². The Hall–Kier alpha value is -3.76. The largest absolute Gasteiger partial charge is 0.465 e. The van der Waals surface area contributed by atoms with Crippen molar-refractivity contribution in [3.63, 3.8) is 0 Å². The van der Waals surface area contributed by atoms with E-state index < -0.39 is 23.9 Å². The van der Waals surface area contributed by atoms with E-state index in [4.69, 9.17) is 18.9 Å². The van der Waals surface area contributed by atoms with Gasteiger partial charge in [-0.15, -0.1) is 0 Å². The summed E-state index contributed by atoms with van der Waals surface area (Å²) in [6.45, 7) is 0. The van der Waals surface area contributed by atoms with Crippen molar-refractivity contribution >= 4 is 47.4 Å². The lowest BCUT2D eigenvalue weighted by Crippen LogP contribution is -2.10. The third-order valence-electron chi connectivity index (χ3n) is 4.92. The quantitative estimate of drug-likeness (QED) is 0.289. The predicted octanol–water partition coefficient (Wildman–Crippen LogP) is 5.14. The van der Waals surface area contributed by atoms with Crippen LogP contribution in [0.15, 0.2) is 80.2 Å². The van der Waals surface area contributed by atoms with E-state index in [-0.39, 0.29) is 11.1 Å². The van der Waals surface area contributed by atoms with Crippen LogP contribution in [-0.4, -0.2) is 52.3 Å². The maximum atomic E-state index is 12.7. The number of carbonyl (C=O) groups excluding carboxylic acids is 4. The van der Waals surface area contributed by atoms with Gasteiger partial charge in [0.2, 0.25) is 0 Å². The predicted molar refractivity (Wildman–Crippen MR) is 133 cm³/mol. The Balaban J connectivity index is 2.18. The second kappa shape index (κ2) is 12.3. The Bertz CT molecular complexity index is 1220. The Morgan fingerprint density at radius 2 is 0.778 bits per heavy atom. The molecular weight excluding hydrogens is 504 g/mol. The van der Waals surface area contributed by atoms with E-state index in [2.05, 4.69) is 0 Å². The fourth-order valence-electron chi connectivity index (χ4n) is 3.17. The van der Waals surface area contributed by atoms with E-state index >= 15 is 0 Å². The second-order valence-corrected chi connectivity index (χ2v) is 9.17. The molecule has 0 unspecified atom stereocenters. The van der Waals surface area contributed by atoms with Crippen molar-refractivity contribution in [1.29, 1.82) is 0 Å². The highest BCUT2D eigenvalue weighted by Gasteiger charge is 2.24. The highest BCUT2D eigenvalue weighted by Crippen LogP contribution is 2.40. The number of hydrogen-bond donors (Lipinski definition) is 0. The van der Waals surface area contributed by atoms with Crippen molar-refractivity contribution in [1.82, 2.24) is 0 Å². The molecule has 0 aliphatic carbocycles. The van der Waals surface area contributed by atoms with Gasteiger partial charge >= 0.3 is 23.9 Å². The van der Waals surface area contributed by atoms with Crippen molar-refractivity contribution in [3.8, 4) is 0 Å². The summed E-state index contributed by atoms with van der Waals surface area (Å²) in [5, 5.41) is 0. The van der Waals surface area contributed by atoms with E-state index in [1.807, 2.05) is 0 Å². The maximum Gasteiger partial charge on any atom is 0.339 e. The minimum absolute atomic E-state index is 0.160. The van der Waals surface area contributed by atoms with Gasteiger partial charge in [-0.25, -0.2) is 19.2 Å². The summed E-state index contributed by atoms with van der Waals surface area (Å²) in [4.78, 5) is 51.8. The molecule has 0 bridgehead atoms. The average molecular weight is 527 g/mol. The van der Waals surface area contributed by atoms with Gasteiger partial charge in [0.05, 0.1) is 50.7 Å². The lowest BCUT2D eigenvalue weighted by Gasteiger charge is -2.16. The topological polar surface area (TPSA) is 105 Å². The van der Waals surface area contributed by atoms with E-state index in [0.717, 1.165) is 23.5 Å². The minimum Gasteiger partial charge on any atom is -0.465 e. The first-order valence-corrected chi connectivity index (χ1v) is 12.0. The van der Waals surface area contributed by atoms with Gasteiger partial charge in [0, 0.05) is 19.6 Å². The molecule has 0 fully saturated rings. The summed E-state index contributed by atoms with van der Waals surface area (Å²) < 4.78 is 19.7. The average Bonchev–Trinajstić information content (AvgIpc) is 2.92. The molecule has 8 nitrogen and oxygen atoms in total. The normalized spacial score (nSPS) is 10.3. The van der Waals surface area contributed by atoms with E-state index in [9.17, 15) is 19.2 Å². The summed E-state index contributed by atoms with van der Waals surface area (Å²) in [7, 11) is 5.04. The van der Waals surface area contributed by atoms with Crippen LogP contribution in [0.3, 0.4) is 0 Å². The molecule has 36 heavy (non-hydrogen) atoms. The van der Waals surface area contributed by atoms with Crippen molar-refractivity contribution in [2.75, 3.05) is 28.4 Å². The molecule has 0 atom stereocenters. The first-order chi connectivity index (χ1) is 17.3. The number of ether oxygens (including phenoxy) is 4. The lowest BCUT2D eigenvalue weighted by molar-refractivity contribution is 0.0580. The Labute approximate surface area is 216 Å². The van der Waals surface area contributed by atoms with E-state index in [0.29, 0.717) is 30.7 Å². The van der Waals surface area contributed by atoms with Crippen LogP contribution < -0.4 is 0 Å². The molecule has 0 aliphatic rings. The molecule has 0 aliphatic heterocycles. The molecule has 3 aromatic carbocycles. The smallest absolute Gasteiger partial charge is 0.339 e. The summed E-state index contributed by atoms with van der Waals surface area (Å²) in [5.74, 6) is -2.38. The van der Waals surface area contributed by atoms with Crippen molar-refractivity contribution in [2.24, 2.45) is 0 Å². The zero-order valence-corrected chi connectivity index (χ0v) is 21.5. The molecule has 3 aromatic rings. The molecule has 0 N–H and O–H groups in total. The number of hydrogen-bond acceptors (Lipinski definition) is 10. The monoisotopic (exact) mass is 526 g/mol.